The fourth-order valence-corrected chi connectivity index (χ4v) is 5.20. The van der Waals surface area contributed by atoms with Gasteiger partial charge in [-0.05, 0) is 92.2 Å². The first-order valence-electron chi connectivity index (χ1n) is 14.3. The van der Waals surface area contributed by atoms with E-state index < -0.39 is 0 Å². The summed E-state index contributed by atoms with van der Waals surface area (Å²) < 4.78 is 18.6. The second-order valence-corrected chi connectivity index (χ2v) is 10.3. The molecule has 0 bridgehead atoms. The Kier molecular flexibility index (Phi) is 8.37. The molecule has 0 saturated carbocycles. The number of methoxy groups -OCH3 is 2. The molecule has 1 aliphatic heterocycles. The van der Waals surface area contributed by atoms with Crippen molar-refractivity contribution >= 4 is 23.0 Å². The minimum atomic E-state index is 0.534. The molecule has 1 fully saturated rings. The number of hydrogen-bond acceptors (Lipinski definition) is 8. The number of benzene rings is 3. The molecule has 0 radical (unpaired) electrons. The highest BCUT2D eigenvalue weighted by atomic mass is 16.5. The van der Waals surface area contributed by atoms with Gasteiger partial charge in [-0.25, -0.2) is 4.52 Å². The predicted molar refractivity (Wildman–Crippen MR) is 166 cm³/mol. The molecule has 0 spiro atoms. The lowest BCUT2D eigenvalue weighted by atomic mass is 10.1. The quantitative estimate of drug-likeness (QED) is 0.184. The first-order valence-corrected chi connectivity index (χ1v) is 14.3. The average Bonchev–Trinajstić information content (AvgIpc) is 3.70. The van der Waals surface area contributed by atoms with Crippen molar-refractivity contribution in [3.8, 4) is 28.5 Å². The summed E-state index contributed by atoms with van der Waals surface area (Å²) in [6.45, 7) is 4.67. The van der Waals surface area contributed by atoms with Gasteiger partial charge >= 0.3 is 0 Å². The van der Waals surface area contributed by atoms with Crippen molar-refractivity contribution in [3.05, 3.63) is 90.5 Å². The first-order chi connectivity index (χ1) is 20.7. The summed E-state index contributed by atoms with van der Waals surface area (Å²) in [6.07, 6.45) is 2.59. The van der Waals surface area contributed by atoms with E-state index in [1.807, 2.05) is 71.2 Å². The third-order valence-corrected chi connectivity index (χ3v) is 7.41. The number of likely N-dealkylation sites (tertiary alicyclic amines) is 1. The van der Waals surface area contributed by atoms with E-state index in [0.29, 0.717) is 19.1 Å². The maximum atomic E-state index is 5.94. The van der Waals surface area contributed by atoms with Crippen LogP contribution in [-0.4, -0.2) is 60.0 Å². The largest absolute Gasteiger partial charge is 0.497 e. The summed E-state index contributed by atoms with van der Waals surface area (Å²) in [5.74, 6) is 2.93. The molecule has 3 aromatic carbocycles. The van der Waals surface area contributed by atoms with Crippen LogP contribution in [-0.2, 0) is 6.54 Å². The molecular formula is C33H36N6O3. The normalized spacial score (nSPS) is 13.3. The molecule has 0 aliphatic carbocycles. The zero-order chi connectivity index (χ0) is 28.7. The molecule has 3 heterocycles. The molecule has 9 heteroatoms. The van der Waals surface area contributed by atoms with Gasteiger partial charge in [0.1, 0.15) is 23.9 Å². The number of aromatic nitrogens is 3. The van der Waals surface area contributed by atoms with E-state index in [1.54, 1.807) is 14.2 Å². The van der Waals surface area contributed by atoms with Crippen molar-refractivity contribution in [1.82, 2.24) is 19.5 Å². The van der Waals surface area contributed by atoms with E-state index in [2.05, 4.69) is 33.7 Å². The lowest BCUT2D eigenvalue weighted by molar-refractivity contribution is 0.238. The third kappa shape index (κ3) is 6.58. The minimum absolute atomic E-state index is 0.534. The second-order valence-electron chi connectivity index (χ2n) is 10.3. The van der Waals surface area contributed by atoms with Gasteiger partial charge in [0.15, 0.2) is 5.65 Å². The lowest BCUT2D eigenvalue weighted by Gasteiger charge is -2.15. The number of pyridine rings is 1. The summed E-state index contributed by atoms with van der Waals surface area (Å²) in [5.41, 5.74) is 5.69. The van der Waals surface area contributed by atoms with E-state index in [0.717, 1.165) is 57.6 Å². The molecule has 2 N–H and O–H groups in total. The van der Waals surface area contributed by atoms with Crippen molar-refractivity contribution < 1.29 is 14.2 Å². The van der Waals surface area contributed by atoms with E-state index in [4.69, 9.17) is 24.3 Å². The first kappa shape index (κ1) is 27.4. The Hall–Kier alpha value is -4.76. The molecule has 2 aromatic heterocycles. The molecule has 216 valence electrons. The van der Waals surface area contributed by atoms with Crippen LogP contribution in [0.4, 0.5) is 17.3 Å². The van der Waals surface area contributed by atoms with E-state index in [1.165, 1.54) is 25.9 Å². The summed E-state index contributed by atoms with van der Waals surface area (Å²) in [6, 6.07) is 28.1. The van der Waals surface area contributed by atoms with Crippen LogP contribution in [0.25, 0.3) is 16.9 Å². The van der Waals surface area contributed by atoms with Crippen LogP contribution in [0.2, 0.25) is 0 Å². The number of fused-ring (bicyclic) bond motifs is 1. The van der Waals surface area contributed by atoms with Crippen LogP contribution in [0.1, 0.15) is 18.4 Å². The van der Waals surface area contributed by atoms with Crippen LogP contribution in [0.5, 0.6) is 17.2 Å². The number of nitrogens with zero attached hydrogens (tertiary/aromatic N) is 4. The molecule has 1 saturated heterocycles. The molecular weight excluding hydrogens is 528 g/mol. The van der Waals surface area contributed by atoms with E-state index >= 15 is 0 Å². The summed E-state index contributed by atoms with van der Waals surface area (Å²) >= 11 is 0. The van der Waals surface area contributed by atoms with E-state index in [9.17, 15) is 0 Å². The van der Waals surface area contributed by atoms with E-state index in [-0.39, 0.29) is 0 Å². The molecule has 1 aliphatic rings. The van der Waals surface area contributed by atoms with Gasteiger partial charge in [0, 0.05) is 36.1 Å². The summed E-state index contributed by atoms with van der Waals surface area (Å²) in [7, 11) is 3.31. The number of ether oxygens (including phenoxy) is 3. The van der Waals surface area contributed by atoms with Crippen molar-refractivity contribution in [2.45, 2.75) is 19.4 Å². The molecule has 5 aromatic rings. The average molecular weight is 565 g/mol. The van der Waals surface area contributed by atoms with Crippen LogP contribution in [0, 0.1) is 0 Å². The van der Waals surface area contributed by atoms with Gasteiger partial charge in [-0.3, -0.25) is 4.90 Å². The van der Waals surface area contributed by atoms with Crippen molar-refractivity contribution in [2.75, 3.05) is 51.1 Å². The van der Waals surface area contributed by atoms with Gasteiger partial charge < -0.3 is 24.8 Å². The van der Waals surface area contributed by atoms with Crippen molar-refractivity contribution in [3.63, 3.8) is 0 Å². The van der Waals surface area contributed by atoms with Crippen molar-refractivity contribution in [1.29, 1.82) is 0 Å². The molecule has 0 unspecified atom stereocenters. The van der Waals surface area contributed by atoms with Crippen LogP contribution < -0.4 is 24.8 Å². The van der Waals surface area contributed by atoms with Gasteiger partial charge in [-0.2, -0.15) is 4.98 Å². The smallest absolute Gasteiger partial charge is 0.247 e. The SMILES string of the molecule is COc1cc(CNc2cccc(-c3cccc4nc(Nc5ccc(OCCN6CCCC6)cc5)nn34)c2)cc(OC)c1. The highest BCUT2D eigenvalue weighted by Gasteiger charge is 2.12. The Balaban J connectivity index is 1.13. The standard InChI is InChI=1S/C33H36N6O3/c1-40-29-19-24(20-30(22-29)41-2)23-34-27-8-5-7-25(21-27)31-9-6-10-32-36-33(37-39(31)32)35-26-11-13-28(14-12-26)42-18-17-38-15-3-4-16-38/h5-14,19-22,34H,3-4,15-18,23H2,1-2H3,(H,35,37). The van der Waals surface area contributed by atoms with Gasteiger partial charge in [-0.15, -0.1) is 5.10 Å². The van der Waals surface area contributed by atoms with Crippen LogP contribution >= 0.6 is 0 Å². The molecule has 9 nitrogen and oxygen atoms in total. The maximum Gasteiger partial charge on any atom is 0.247 e. The van der Waals surface area contributed by atoms with Crippen molar-refractivity contribution in [2.24, 2.45) is 0 Å². The Morgan fingerprint density at radius 1 is 0.786 bits per heavy atom. The minimum Gasteiger partial charge on any atom is -0.497 e. The number of nitrogens with one attached hydrogen (secondary N) is 2. The Labute approximate surface area is 246 Å². The van der Waals surface area contributed by atoms with Crippen LogP contribution in [0.3, 0.4) is 0 Å². The van der Waals surface area contributed by atoms with Crippen LogP contribution in [0.15, 0.2) is 84.9 Å². The third-order valence-electron chi connectivity index (χ3n) is 7.41. The zero-order valence-corrected chi connectivity index (χ0v) is 24.0. The maximum absolute atomic E-state index is 5.94. The van der Waals surface area contributed by atoms with Gasteiger partial charge in [0.25, 0.3) is 0 Å². The summed E-state index contributed by atoms with van der Waals surface area (Å²) in [5, 5.41) is 11.6. The molecule has 6 rings (SSSR count). The topological polar surface area (TPSA) is 85.2 Å². The molecule has 0 atom stereocenters. The second kappa shape index (κ2) is 12.8. The Morgan fingerprint density at radius 3 is 2.31 bits per heavy atom. The number of anilines is 3. The number of hydrogen-bond donors (Lipinski definition) is 2. The number of rotatable bonds is 12. The highest BCUT2D eigenvalue weighted by molar-refractivity contribution is 5.68. The van der Waals surface area contributed by atoms with Gasteiger partial charge in [0.05, 0.1) is 19.9 Å². The highest BCUT2D eigenvalue weighted by Crippen LogP contribution is 2.27. The monoisotopic (exact) mass is 564 g/mol. The van der Waals surface area contributed by atoms with Gasteiger partial charge in [-0.1, -0.05) is 18.2 Å². The molecule has 0 amide bonds. The van der Waals surface area contributed by atoms with Gasteiger partial charge in [0.2, 0.25) is 5.95 Å². The fraction of sp³-hybridized carbons (Fsp3) is 0.273. The Bertz CT molecular complexity index is 1610. The predicted octanol–water partition coefficient (Wildman–Crippen LogP) is 6.24. The summed E-state index contributed by atoms with van der Waals surface area (Å²) in [4.78, 5) is 7.16. The lowest BCUT2D eigenvalue weighted by Crippen LogP contribution is -2.25. The molecule has 42 heavy (non-hydrogen) atoms. The zero-order valence-electron chi connectivity index (χ0n) is 24.0. The fourth-order valence-electron chi connectivity index (χ4n) is 5.20. The Morgan fingerprint density at radius 2 is 1.55 bits per heavy atom.